The molecule has 0 fully saturated rings. The minimum absolute atomic E-state index is 0.0491. The molecule has 0 saturated carbocycles. The molecule has 2 heterocycles. The van der Waals surface area contributed by atoms with E-state index in [-0.39, 0.29) is 11.9 Å². The number of carbonyl (C=O) groups excluding carboxylic acids is 1. The SMILES string of the molecule is CCC(CC)NC(=O)c1ccc(-c2cccc(-c3cncc(C#N)c3Nc3ccc4[nH]ccc4c3)c2)cc1. The van der Waals surface area contributed by atoms with E-state index >= 15 is 0 Å². The largest absolute Gasteiger partial charge is 0.361 e. The highest BCUT2D eigenvalue weighted by Gasteiger charge is 2.14. The number of hydrogen-bond donors (Lipinski definition) is 3. The van der Waals surface area contributed by atoms with Crippen molar-refractivity contribution >= 4 is 28.2 Å². The van der Waals surface area contributed by atoms with Crippen molar-refractivity contribution in [2.24, 2.45) is 0 Å². The zero-order valence-electron chi connectivity index (χ0n) is 21.5. The van der Waals surface area contributed by atoms with Crippen LogP contribution in [0.5, 0.6) is 0 Å². The Bertz CT molecular complexity index is 1620. The topological polar surface area (TPSA) is 93.6 Å². The summed E-state index contributed by atoms with van der Waals surface area (Å²) in [4.78, 5) is 20.1. The van der Waals surface area contributed by atoms with Gasteiger partial charge in [0.1, 0.15) is 6.07 Å². The predicted molar refractivity (Wildman–Crippen MR) is 153 cm³/mol. The van der Waals surface area contributed by atoms with Gasteiger partial charge in [-0.15, -0.1) is 0 Å². The van der Waals surface area contributed by atoms with Gasteiger partial charge in [-0.1, -0.05) is 44.2 Å². The lowest BCUT2D eigenvalue weighted by atomic mass is 9.97. The third-order valence-corrected chi connectivity index (χ3v) is 6.86. The number of amides is 1. The molecule has 1 amide bonds. The van der Waals surface area contributed by atoms with E-state index in [2.05, 4.69) is 52.7 Å². The second-order valence-electron chi connectivity index (χ2n) is 9.27. The molecular formula is C32H29N5O. The molecule has 0 spiro atoms. The van der Waals surface area contributed by atoms with Crippen LogP contribution in [0.2, 0.25) is 0 Å². The first-order valence-electron chi connectivity index (χ1n) is 12.8. The second kappa shape index (κ2) is 11.0. The van der Waals surface area contributed by atoms with Gasteiger partial charge in [0.25, 0.3) is 5.91 Å². The maximum atomic E-state index is 12.6. The monoisotopic (exact) mass is 499 g/mol. The Morgan fingerprint density at radius 1 is 0.947 bits per heavy atom. The standard InChI is InChI=1S/C32H29N5O/c1-3-27(4-2)37-32(38)22-10-8-21(9-11-22)23-6-5-7-24(16-23)29-20-34-19-26(18-33)31(29)36-28-12-13-30-25(17-28)14-15-35-30/h5-17,19-20,27,35H,3-4H2,1-2H3,(H,34,36)(H,37,38). The number of pyridine rings is 1. The molecule has 5 aromatic rings. The first-order chi connectivity index (χ1) is 18.6. The summed E-state index contributed by atoms with van der Waals surface area (Å²) >= 11 is 0. The molecule has 0 radical (unpaired) electrons. The van der Waals surface area contributed by atoms with Gasteiger partial charge in [0, 0.05) is 52.3 Å². The summed E-state index contributed by atoms with van der Waals surface area (Å²) in [5.41, 5.74) is 7.55. The van der Waals surface area contributed by atoms with Crippen LogP contribution < -0.4 is 10.6 Å². The van der Waals surface area contributed by atoms with Crippen molar-refractivity contribution in [1.82, 2.24) is 15.3 Å². The van der Waals surface area contributed by atoms with Crippen LogP contribution >= 0.6 is 0 Å². The minimum Gasteiger partial charge on any atom is -0.361 e. The number of nitrogens with zero attached hydrogens (tertiary/aromatic N) is 2. The number of anilines is 2. The van der Waals surface area contributed by atoms with Crippen LogP contribution in [-0.4, -0.2) is 21.9 Å². The molecular weight excluding hydrogens is 470 g/mol. The van der Waals surface area contributed by atoms with Crippen molar-refractivity contribution in [2.45, 2.75) is 32.7 Å². The number of aromatic amines is 1. The van der Waals surface area contributed by atoms with Gasteiger partial charge < -0.3 is 15.6 Å². The number of rotatable bonds is 8. The third kappa shape index (κ3) is 5.14. The quantitative estimate of drug-likeness (QED) is 0.207. The zero-order valence-corrected chi connectivity index (χ0v) is 21.5. The normalized spacial score (nSPS) is 10.9. The van der Waals surface area contributed by atoms with Gasteiger partial charge in [-0.25, -0.2) is 0 Å². The molecule has 38 heavy (non-hydrogen) atoms. The smallest absolute Gasteiger partial charge is 0.251 e. The van der Waals surface area contributed by atoms with Crippen molar-refractivity contribution in [1.29, 1.82) is 5.26 Å². The molecule has 0 aliphatic heterocycles. The van der Waals surface area contributed by atoms with E-state index in [1.165, 1.54) is 0 Å². The highest BCUT2D eigenvalue weighted by atomic mass is 16.1. The molecule has 188 valence electrons. The Labute approximate surface area is 222 Å². The Kier molecular flexibility index (Phi) is 7.19. The molecule has 0 aliphatic carbocycles. The number of nitriles is 1. The Morgan fingerprint density at radius 3 is 2.50 bits per heavy atom. The first kappa shape index (κ1) is 24.8. The number of aromatic nitrogens is 2. The van der Waals surface area contributed by atoms with Crippen LogP contribution in [0.4, 0.5) is 11.4 Å². The highest BCUT2D eigenvalue weighted by molar-refractivity contribution is 5.95. The van der Waals surface area contributed by atoms with Gasteiger partial charge in [-0.05, 0) is 72.0 Å². The molecule has 2 aromatic heterocycles. The van der Waals surface area contributed by atoms with E-state index in [0.717, 1.165) is 51.7 Å². The number of fused-ring (bicyclic) bond motifs is 1. The highest BCUT2D eigenvalue weighted by Crippen LogP contribution is 2.35. The summed E-state index contributed by atoms with van der Waals surface area (Å²) in [6.45, 7) is 4.15. The van der Waals surface area contributed by atoms with Gasteiger partial charge >= 0.3 is 0 Å². The molecule has 6 nitrogen and oxygen atoms in total. The summed E-state index contributed by atoms with van der Waals surface area (Å²) in [5, 5.41) is 17.5. The number of H-pyrrole nitrogens is 1. The van der Waals surface area contributed by atoms with E-state index in [0.29, 0.717) is 16.8 Å². The van der Waals surface area contributed by atoms with Crippen LogP contribution in [0.25, 0.3) is 33.2 Å². The van der Waals surface area contributed by atoms with Crippen LogP contribution in [0.1, 0.15) is 42.6 Å². The van der Waals surface area contributed by atoms with E-state index in [1.54, 1.807) is 12.4 Å². The van der Waals surface area contributed by atoms with Crippen LogP contribution in [0, 0.1) is 11.3 Å². The summed E-state index contributed by atoms with van der Waals surface area (Å²) in [6, 6.07) is 26.3. The van der Waals surface area contributed by atoms with Crippen LogP contribution in [-0.2, 0) is 0 Å². The Hall–Kier alpha value is -4.89. The Morgan fingerprint density at radius 2 is 1.74 bits per heavy atom. The van der Waals surface area contributed by atoms with Gasteiger partial charge in [0.05, 0.1) is 11.3 Å². The summed E-state index contributed by atoms with van der Waals surface area (Å²) in [6.07, 6.45) is 7.09. The molecule has 5 rings (SSSR count). The third-order valence-electron chi connectivity index (χ3n) is 6.86. The number of nitrogens with one attached hydrogen (secondary N) is 3. The fourth-order valence-corrected chi connectivity index (χ4v) is 4.62. The van der Waals surface area contributed by atoms with Crippen molar-refractivity contribution in [2.75, 3.05) is 5.32 Å². The first-order valence-corrected chi connectivity index (χ1v) is 12.8. The molecule has 0 aliphatic rings. The summed E-state index contributed by atoms with van der Waals surface area (Å²) in [5.74, 6) is -0.0491. The molecule has 0 atom stereocenters. The van der Waals surface area contributed by atoms with Gasteiger partial charge in [0.2, 0.25) is 0 Å². The van der Waals surface area contributed by atoms with Crippen LogP contribution in [0.15, 0.2) is 91.4 Å². The fourth-order valence-electron chi connectivity index (χ4n) is 4.62. The van der Waals surface area contributed by atoms with Gasteiger partial charge in [0.15, 0.2) is 0 Å². The fraction of sp³-hybridized carbons (Fsp3) is 0.156. The maximum Gasteiger partial charge on any atom is 0.251 e. The number of benzene rings is 3. The van der Waals surface area contributed by atoms with Crippen molar-refractivity contribution in [3.63, 3.8) is 0 Å². The molecule has 3 aromatic carbocycles. The Balaban J connectivity index is 1.45. The van der Waals surface area contributed by atoms with Gasteiger partial charge in [-0.2, -0.15) is 5.26 Å². The molecule has 3 N–H and O–H groups in total. The summed E-state index contributed by atoms with van der Waals surface area (Å²) < 4.78 is 0. The zero-order chi connectivity index (χ0) is 26.5. The lowest BCUT2D eigenvalue weighted by Crippen LogP contribution is -2.33. The molecule has 0 unspecified atom stereocenters. The van der Waals surface area contributed by atoms with Crippen molar-refractivity contribution in [3.05, 3.63) is 103 Å². The van der Waals surface area contributed by atoms with Crippen LogP contribution in [0.3, 0.4) is 0 Å². The van der Waals surface area contributed by atoms with E-state index in [9.17, 15) is 10.1 Å². The minimum atomic E-state index is -0.0491. The maximum absolute atomic E-state index is 12.6. The second-order valence-corrected chi connectivity index (χ2v) is 9.27. The lowest BCUT2D eigenvalue weighted by Gasteiger charge is -2.15. The van der Waals surface area contributed by atoms with E-state index in [1.807, 2.05) is 66.9 Å². The predicted octanol–water partition coefficient (Wildman–Crippen LogP) is 7.43. The van der Waals surface area contributed by atoms with Gasteiger partial charge in [-0.3, -0.25) is 9.78 Å². The van der Waals surface area contributed by atoms with Crippen molar-refractivity contribution in [3.8, 4) is 28.3 Å². The summed E-state index contributed by atoms with van der Waals surface area (Å²) in [7, 11) is 0. The van der Waals surface area contributed by atoms with Crippen molar-refractivity contribution < 1.29 is 4.79 Å². The number of hydrogen-bond acceptors (Lipinski definition) is 4. The van der Waals surface area contributed by atoms with E-state index in [4.69, 9.17) is 0 Å². The molecule has 0 bridgehead atoms. The lowest BCUT2D eigenvalue weighted by molar-refractivity contribution is 0.0935. The molecule has 0 saturated heterocycles. The average Bonchev–Trinajstić information content (AvgIpc) is 3.44. The average molecular weight is 500 g/mol. The molecule has 6 heteroatoms. The number of carbonyl (C=O) groups is 1. The van der Waals surface area contributed by atoms with E-state index < -0.39 is 0 Å².